The van der Waals surface area contributed by atoms with E-state index >= 15 is 0 Å². The predicted octanol–water partition coefficient (Wildman–Crippen LogP) is 1.90. The van der Waals surface area contributed by atoms with Crippen LogP contribution in [0.2, 0.25) is 0 Å². The van der Waals surface area contributed by atoms with Crippen LogP contribution < -0.4 is 0 Å². The van der Waals surface area contributed by atoms with Gasteiger partial charge < -0.3 is 0 Å². The molecule has 0 spiro atoms. The van der Waals surface area contributed by atoms with Gasteiger partial charge in [0.1, 0.15) is 17.5 Å². The minimum absolute atomic E-state index is 0.249. The molecule has 0 aromatic carbocycles. The van der Waals surface area contributed by atoms with E-state index in [9.17, 15) is 4.79 Å². The first-order valence-corrected chi connectivity index (χ1v) is 6.27. The molecule has 1 aliphatic rings. The normalized spacial score (nSPS) is 19.7. The van der Waals surface area contributed by atoms with E-state index in [0.717, 1.165) is 31.5 Å². The van der Waals surface area contributed by atoms with Gasteiger partial charge in [-0.3, -0.25) is 9.69 Å². The second-order valence-corrected chi connectivity index (χ2v) is 4.83. The summed E-state index contributed by atoms with van der Waals surface area (Å²) in [5, 5.41) is 8.82. The van der Waals surface area contributed by atoms with Crippen LogP contribution in [0.15, 0.2) is 18.3 Å². The molecule has 1 fully saturated rings. The van der Waals surface area contributed by atoms with E-state index in [4.69, 9.17) is 5.26 Å². The lowest BCUT2D eigenvalue weighted by atomic mass is 10.1. The van der Waals surface area contributed by atoms with Crippen molar-refractivity contribution in [1.29, 1.82) is 5.26 Å². The minimum atomic E-state index is 0.249. The maximum absolute atomic E-state index is 11.2. The summed E-state index contributed by atoms with van der Waals surface area (Å²) >= 11 is 0. The van der Waals surface area contributed by atoms with Gasteiger partial charge in [-0.2, -0.15) is 5.26 Å². The Balaban J connectivity index is 2.03. The van der Waals surface area contributed by atoms with Gasteiger partial charge in [0.25, 0.3) is 0 Å². The second kappa shape index (κ2) is 5.74. The Morgan fingerprint density at radius 3 is 3.22 bits per heavy atom. The molecule has 1 atom stereocenters. The fourth-order valence-electron chi connectivity index (χ4n) is 2.53. The lowest BCUT2D eigenvalue weighted by Crippen LogP contribution is -2.30. The van der Waals surface area contributed by atoms with Crippen LogP contribution in [-0.4, -0.2) is 28.3 Å². The van der Waals surface area contributed by atoms with Gasteiger partial charge in [-0.05, 0) is 44.0 Å². The molecule has 0 aliphatic carbocycles. The first kappa shape index (κ1) is 12.7. The van der Waals surface area contributed by atoms with Crippen molar-refractivity contribution in [2.45, 2.75) is 38.8 Å². The molecule has 1 saturated heterocycles. The van der Waals surface area contributed by atoms with Gasteiger partial charge in [-0.1, -0.05) is 0 Å². The molecule has 4 heteroatoms. The van der Waals surface area contributed by atoms with Crippen molar-refractivity contribution in [2.24, 2.45) is 0 Å². The van der Waals surface area contributed by atoms with Gasteiger partial charge in [0, 0.05) is 25.2 Å². The van der Waals surface area contributed by atoms with Gasteiger partial charge in [-0.25, -0.2) is 4.98 Å². The SMILES string of the molecule is CC(=O)CC1CCCN1Cc1ccnc(C#N)c1. The van der Waals surface area contributed by atoms with Crippen LogP contribution in [-0.2, 0) is 11.3 Å². The molecular weight excluding hydrogens is 226 g/mol. The Morgan fingerprint density at radius 1 is 1.67 bits per heavy atom. The summed E-state index contributed by atoms with van der Waals surface area (Å²) in [6.07, 6.45) is 4.55. The average molecular weight is 243 g/mol. The Bertz CT molecular complexity index is 478. The van der Waals surface area contributed by atoms with Crippen LogP contribution in [0.4, 0.5) is 0 Å². The number of hydrogen-bond donors (Lipinski definition) is 0. The van der Waals surface area contributed by atoms with Crippen molar-refractivity contribution in [3.8, 4) is 6.07 Å². The highest BCUT2D eigenvalue weighted by Crippen LogP contribution is 2.22. The number of pyridine rings is 1. The summed E-state index contributed by atoms with van der Waals surface area (Å²) in [5.41, 5.74) is 1.55. The lowest BCUT2D eigenvalue weighted by Gasteiger charge is -2.23. The molecule has 0 N–H and O–H groups in total. The van der Waals surface area contributed by atoms with Gasteiger partial charge in [0.05, 0.1) is 0 Å². The Morgan fingerprint density at radius 2 is 2.50 bits per heavy atom. The zero-order valence-corrected chi connectivity index (χ0v) is 10.6. The molecule has 4 nitrogen and oxygen atoms in total. The van der Waals surface area contributed by atoms with E-state index in [1.54, 1.807) is 13.1 Å². The summed E-state index contributed by atoms with van der Waals surface area (Å²) in [4.78, 5) is 17.5. The quantitative estimate of drug-likeness (QED) is 0.810. The standard InChI is InChI=1S/C14H17N3O/c1-11(18)7-14-3-2-6-17(14)10-12-4-5-16-13(8-12)9-15/h4-5,8,14H,2-3,6-7,10H2,1H3. The molecule has 1 aromatic heterocycles. The number of rotatable bonds is 4. The zero-order chi connectivity index (χ0) is 13.0. The number of Topliss-reactive ketones (excluding diaryl/α,β-unsaturated/α-hetero) is 1. The van der Waals surface area contributed by atoms with E-state index in [1.165, 1.54) is 0 Å². The topological polar surface area (TPSA) is 57.0 Å². The molecule has 1 unspecified atom stereocenters. The summed E-state index contributed by atoms with van der Waals surface area (Å²) in [7, 11) is 0. The van der Waals surface area contributed by atoms with Gasteiger partial charge >= 0.3 is 0 Å². The van der Waals surface area contributed by atoms with Crippen molar-refractivity contribution in [1.82, 2.24) is 9.88 Å². The number of nitriles is 1. The largest absolute Gasteiger partial charge is 0.300 e. The summed E-state index contributed by atoms with van der Waals surface area (Å²) in [5.74, 6) is 0.249. The first-order chi connectivity index (χ1) is 8.69. The predicted molar refractivity (Wildman–Crippen MR) is 67.7 cm³/mol. The van der Waals surface area contributed by atoms with E-state index < -0.39 is 0 Å². The molecule has 2 heterocycles. The lowest BCUT2D eigenvalue weighted by molar-refractivity contribution is -0.118. The number of likely N-dealkylation sites (tertiary alicyclic amines) is 1. The third-order valence-electron chi connectivity index (χ3n) is 3.35. The molecule has 1 aromatic rings. The molecule has 1 aliphatic heterocycles. The monoisotopic (exact) mass is 243 g/mol. The minimum Gasteiger partial charge on any atom is -0.300 e. The van der Waals surface area contributed by atoms with Crippen molar-refractivity contribution in [2.75, 3.05) is 6.54 Å². The van der Waals surface area contributed by atoms with Crippen LogP contribution >= 0.6 is 0 Å². The smallest absolute Gasteiger partial charge is 0.140 e. The number of aromatic nitrogens is 1. The molecule has 0 amide bonds. The Kier molecular flexibility index (Phi) is 4.06. The number of carbonyl (C=O) groups excluding carboxylic acids is 1. The molecule has 94 valence electrons. The van der Waals surface area contributed by atoms with Gasteiger partial charge in [0.15, 0.2) is 0 Å². The van der Waals surface area contributed by atoms with E-state index in [1.807, 2.05) is 12.1 Å². The van der Waals surface area contributed by atoms with Gasteiger partial charge in [-0.15, -0.1) is 0 Å². The summed E-state index contributed by atoms with van der Waals surface area (Å²) < 4.78 is 0. The second-order valence-electron chi connectivity index (χ2n) is 4.83. The molecular formula is C14H17N3O. The number of hydrogen-bond acceptors (Lipinski definition) is 4. The molecule has 0 saturated carbocycles. The highest BCUT2D eigenvalue weighted by Gasteiger charge is 2.25. The van der Waals surface area contributed by atoms with Crippen LogP contribution in [0.1, 0.15) is 37.4 Å². The van der Waals surface area contributed by atoms with Crippen molar-refractivity contribution < 1.29 is 4.79 Å². The number of carbonyl (C=O) groups is 1. The maximum Gasteiger partial charge on any atom is 0.140 e. The fraction of sp³-hybridized carbons (Fsp3) is 0.500. The van der Waals surface area contributed by atoms with E-state index in [0.29, 0.717) is 18.2 Å². The van der Waals surface area contributed by atoms with E-state index in [-0.39, 0.29) is 5.78 Å². The highest BCUT2D eigenvalue weighted by atomic mass is 16.1. The Hall–Kier alpha value is -1.73. The third-order valence-corrected chi connectivity index (χ3v) is 3.35. The third kappa shape index (κ3) is 3.14. The molecule has 0 bridgehead atoms. The maximum atomic E-state index is 11.2. The van der Waals surface area contributed by atoms with Crippen LogP contribution in [0, 0.1) is 11.3 Å². The van der Waals surface area contributed by atoms with Crippen molar-refractivity contribution in [3.63, 3.8) is 0 Å². The number of nitrogens with zero attached hydrogens (tertiary/aromatic N) is 3. The average Bonchev–Trinajstić information content (AvgIpc) is 2.76. The molecule has 18 heavy (non-hydrogen) atoms. The zero-order valence-electron chi connectivity index (χ0n) is 10.6. The fourth-order valence-corrected chi connectivity index (χ4v) is 2.53. The molecule has 2 rings (SSSR count). The Labute approximate surface area is 107 Å². The number of ketones is 1. The van der Waals surface area contributed by atoms with Gasteiger partial charge in [0.2, 0.25) is 0 Å². The van der Waals surface area contributed by atoms with Crippen molar-refractivity contribution in [3.05, 3.63) is 29.6 Å². The summed E-state index contributed by atoms with van der Waals surface area (Å²) in [6, 6.07) is 6.17. The van der Waals surface area contributed by atoms with Crippen LogP contribution in [0.5, 0.6) is 0 Å². The van der Waals surface area contributed by atoms with Crippen molar-refractivity contribution >= 4 is 5.78 Å². The van der Waals surface area contributed by atoms with Crippen LogP contribution in [0.25, 0.3) is 0 Å². The van der Waals surface area contributed by atoms with Crippen LogP contribution in [0.3, 0.4) is 0 Å². The molecule has 0 radical (unpaired) electrons. The van der Waals surface area contributed by atoms with E-state index in [2.05, 4.69) is 16.0 Å². The summed E-state index contributed by atoms with van der Waals surface area (Å²) in [6.45, 7) is 3.48. The first-order valence-electron chi connectivity index (χ1n) is 6.27. The highest BCUT2D eigenvalue weighted by molar-refractivity contribution is 5.76.